The number of likely N-dealkylation sites (N-methyl/N-ethyl adjacent to an activating group) is 1. The van der Waals surface area contributed by atoms with Crippen LogP contribution in [-0.2, 0) is 17.8 Å². The normalized spacial score (nSPS) is 13.3. The molecule has 0 aliphatic heterocycles. The van der Waals surface area contributed by atoms with Crippen molar-refractivity contribution in [2.45, 2.75) is 39.5 Å². The highest BCUT2D eigenvalue weighted by Gasteiger charge is 2.22. The molecule has 0 aromatic heterocycles. The molecule has 2 N–H and O–H groups in total. The molecule has 0 aliphatic carbocycles. The number of ether oxygens (including phenoxy) is 1. The molecule has 0 aliphatic rings. The van der Waals surface area contributed by atoms with Gasteiger partial charge in [-0.3, -0.25) is 4.79 Å². The van der Waals surface area contributed by atoms with Crippen molar-refractivity contribution in [3.63, 3.8) is 0 Å². The highest BCUT2D eigenvalue weighted by atomic mass is 19.3. The van der Waals surface area contributed by atoms with Crippen LogP contribution in [0.3, 0.4) is 0 Å². The van der Waals surface area contributed by atoms with Crippen molar-refractivity contribution in [3.05, 3.63) is 59.7 Å². The van der Waals surface area contributed by atoms with Gasteiger partial charge in [0.1, 0.15) is 12.3 Å². The third kappa shape index (κ3) is 5.81. The number of halogens is 2. The molecule has 26 heavy (non-hydrogen) atoms. The number of rotatable bonds is 8. The molecule has 0 spiro atoms. The van der Waals surface area contributed by atoms with Gasteiger partial charge in [0, 0.05) is 11.3 Å². The average molecular weight is 363 g/mol. The summed E-state index contributed by atoms with van der Waals surface area (Å²) in [6, 6.07) is 14.0. The van der Waals surface area contributed by atoms with Gasteiger partial charge in [-0.1, -0.05) is 19.1 Å². The van der Waals surface area contributed by atoms with Crippen LogP contribution < -0.4 is 15.0 Å². The second-order valence-electron chi connectivity index (χ2n) is 6.31. The summed E-state index contributed by atoms with van der Waals surface area (Å²) >= 11 is 0. The first-order valence-electron chi connectivity index (χ1n) is 8.65. The molecule has 0 bridgehead atoms. The molecule has 1 unspecified atom stereocenters. The quantitative estimate of drug-likeness (QED) is 0.757. The minimum Gasteiger partial charge on any atom is -0.435 e. The number of carbonyl (C=O) groups excluding carboxylic acids is 1. The van der Waals surface area contributed by atoms with Crippen LogP contribution in [0.25, 0.3) is 0 Å². The highest BCUT2D eigenvalue weighted by Crippen LogP contribution is 2.14. The molecule has 0 fully saturated rings. The van der Waals surface area contributed by atoms with E-state index in [9.17, 15) is 13.6 Å². The molecule has 4 nitrogen and oxygen atoms in total. The number of hydrogen-bond donors (Lipinski definition) is 2. The van der Waals surface area contributed by atoms with E-state index >= 15 is 0 Å². The van der Waals surface area contributed by atoms with E-state index in [4.69, 9.17) is 0 Å². The summed E-state index contributed by atoms with van der Waals surface area (Å²) in [7, 11) is 1.92. The van der Waals surface area contributed by atoms with Crippen molar-refractivity contribution in [2.75, 3.05) is 12.4 Å². The summed E-state index contributed by atoms with van der Waals surface area (Å²) in [5, 5.41) is 2.93. The maximum atomic E-state index is 12.4. The first-order valence-corrected chi connectivity index (χ1v) is 8.65. The first kappa shape index (κ1) is 19.8. The van der Waals surface area contributed by atoms with E-state index in [1.54, 1.807) is 12.1 Å². The van der Waals surface area contributed by atoms with Gasteiger partial charge in [0.05, 0.1) is 7.05 Å². The van der Waals surface area contributed by atoms with Gasteiger partial charge >= 0.3 is 6.61 Å². The Bertz CT molecular complexity index is 703. The largest absolute Gasteiger partial charge is 0.435 e. The Labute approximate surface area is 152 Å². The van der Waals surface area contributed by atoms with Gasteiger partial charge in [-0.25, -0.2) is 0 Å². The highest BCUT2D eigenvalue weighted by molar-refractivity contribution is 5.93. The molecule has 2 atom stereocenters. The SMILES string of the molecule is CCc1ccc(NC(=O)[C@H](C)[NH+](C)Cc2ccc(OC(F)F)cc2)cc1. The molecule has 0 saturated carbocycles. The number of aryl methyl sites for hydroxylation is 1. The average Bonchev–Trinajstić information content (AvgIpc) is 2.62. The fourth-order valence-electron chi connectivity index (χ4n) is 2.56. The lowest BCUT2D eigenvalue weighted by Crippen LogP contribution is -3.12. The third-order valence-corrected chi connectivity index (χ3v) is 4.39. The van der Waals surface area contributed by atoms with E-state index in [1.165, 1.54) is 17.7 Å². The first-order chi connectivity index (χ1) is 12.4. The van der Waals surface area contributed by atoms with Crippen molar-refractivity contribution in [1.82, 2.24) is 0 Å². The van der Waals surface area contributed by atoms with E-state index in [-0.39, 0.29) is 17.7 Å². The summed E-state index contributed by atoms with van der Waals surface area (Å²) in [6.07, 6.45) is 0.957. The summed E-state index contributed by atoms with van der Waals surface area (Å²) < 4.78 is 28.7. The predicted octanol–water partition coefficient (Wildman–Crippen LogP) is 2.89. The molecular formula is C20H25F2N2O2+. The van der Waals surface area contributed by atoms with E-state index < -0.39 is 6.61 Å². The van der Waals surface area contributed by atoms with Gasteiger partial charge < -0.3 is 15.0 Å². The van der Waals surface area contributed by atoms with Gasteiger partial charge in [-0.2, -0.15) is 8.78 Å². The standard InChI is InChI=1S/C20H24F2N2O2/c1-4-15-5-9-17(10-6-15)23-19(25)14(2)24(3)13-16-7-11-18(12-8-16)26-20(21)22/h5-12,14,20H,4,13H2,1-3H3,(H,23,25)/p+1/t14-/m0/s1. The smallest absolute Gasteiger partial charge is 0.387 e. The van der Waals surface area contributed by atoms with Gasteiger partial charge in [0.15, 0.2) is 6.04 Å². The van der Waals surface area contributed by atoms with E-state index in [0.717, 1.165) is 22.6 Å². The van der Waals surface area contributed by atoms with Crippen LogP contribution in [0.5, 0.6) is 5.75 Å². The van der Waals surface area contributed by atoms with Gasteiger partial charge in [-0.05, 0) is 55.3 Å². The lowest BCUT2D eigenvalue weighted by atomic mass is 10.1. The lowest BCUT2D eigenvalue weighted by molar-refractivity contribution is -0.907. The number of amides is 1. The fourth-order valence-corrected chi connectivity index (χ4v) is 2.56. The van der Waals surface area contributed by atoms with Crippen molar-refractivity contribution in [1.29, 1.82) is 0 Å². The Morgan fingerprint density at radius 3 is 2.19 bits per heavy atom. The number of nitrogens with one attached hydrogen (secondary N) is 2. The monoisotopic (exact) mass is 363 g/mol. The van der Waals surface area contributed by atoms with Crippen LogP contribution in [0.4, 0.5) is 14.5 Å². The van der Waals surface area contributed by atoms with Gasteiger partial charge in [0.25, 0.3) is 5.91 Å². The van der Waals surface area contributed by atoms with Crippen molar-refractivity contribution < 1.29 is 23.2 Å². The number of carbonyl (C=O) groups is 1. The maximum Gasteiger partial charge on any atom is 0.387 e. The summed E-state index contributed by atoms with van der Waals surface area (Å²) in [5.74, 6) is 0.0622. The molecule has 0 saturated heterocycles. The Kier molecular flexibility index (Phi) is 7.09. The Morgan fingerprint density at radius 2 is 1.65 bits per heavy atom. The zero-order chi connectivity index (χ0) is 19.1. The molecular weight excluding hydrogens is 338 g/mol. The van der Waals surface area contributed by atoms with Crippen LogP contribution in [0, 0.1) is 0 Å². The number of hydrogen-bond acceptors (Lipinski definition) is 2. The Hall–Kier alpha value is -2.47. The zero-order valence-electron chi connectivity index (χ0n) is 15.3. The maximum absolute atomic E-state index is 12.4. The van der Waals surface area contributed by atoms with Crippen LogP contribution in [0.1, 0.15) is 25.0 Å². The van der Waals surface area contributed by atoms with Crippen LogP contribution >= 0.6 is 0 Å². The fraction of sp³-hybridized carbons (Fsp3) is 0.350. The van der Waals surface area contributed by atoms with Crippen molar-refractivity contribution in [3.8, 4) is 5.75 Å². The van der Waals surface area contributed by atoms with Gasteiger partial charge in [-0.15, -0.1) is 0 Å². The molecule has 2 aromatic carbocycles. The van der Waals surface area contributed by atoms with E-state index in [2.05, 4.69) is 17.0 Å². The molecule has 6 heteroatoms. The second-order valence-corrected chi connectivity index (χ2v) is 6.31. The minimum absolute atomic E-state index is 0.0654. The molecule has 140 valence electrons. The summed E-state index contributed by atoms with van der Waals surface area (Å²) in [4.78, 5) is 13.4. The minimum atomic E-state index is -2.83. The molecule has 2 rings (SSSR count). The predicted molar refractivity (Wildman–Crippen MR) is 97.6 cm³/mol. The number of alkyl halides is 2. The molecule has 0 heterocycles. The second kappa shape index (κ2) is 9.29. The van der Waals surface area contributed by atoms with Crippen LogP contribution in [0.2, 0.25) is 0 Å². The third-order valence-electron chi connectivity index (χ3n) is 4.39. The molecule has 1 amide bonds. The molecule has 0 radical (unpaired) electrons. The zero-order valence-corrected chi connectivity index (χ0v) is 15.3. The van der Waals surface area contributed by atoms with Crippen molar-refractivity contribution >= 4 is 11.6 Å². The summed E-state index contributed by atoms with van der Waals surface area (Å²) in [5.41, 5.74) is 2.94. The number of quaternary nitrogens is 1. The van der Waals surface area contributed by atoms with E-state index in [1.807, 2.05) is 38.2 Å². The van der Waals surface area contributed by atoms with Gasteiger partial charge in [0.2, 0.25) is 0 Å². The summed E-state index contributed by atoms with van der Waals surface area (Å²) in [6.45, 7) is 1.71. The lowest BCUT2D eigenvalue weighted by Gasteiger charge is -2.21. The van der Waals surface area contributed by atoms with Crippen molar-refractivity contribution in [2.24, 2.45) is 0 Å². The van der Waals surface area contributed by atoms with Crippen LogP contribution in [0.15, 0.2) is 48.5 Å². The van der Waals surface area contributed by atoms with E-state index in [0.29, 0.717) is 6.54 Å². The van der Waals surface area contributed by atoms with Crippen LogP contribution in [-0.4, -0.2) is 25.6 Å². The number of anilines is 1. The molecule has 2 aromatic rings. The number of benzene rings is 2. The topological polar surface area (TPSA) is 42.8 Å². The Morgan fingerprint density at radius 1 is 1.08 bits per heavy atom. The Balaban J connectivity index is 1.90.